The Kier molecular flexibility index (Phi) is 6.72. The lowest BCUT2D eigenvalue weighted by atomic mass is 10.2. The summed E-state index contributed by atoms with van der Waals surface area (Å²) in [6, 6.07) is 5.38. The monoisotopic (exact) mass is 298 g/mol. The van der Waals surface area contributed by atoms with Crippen LogP contribution in [0.4, 0.5) is 10.5 Å². The van der Waals surface area contributed by atoms with E-state index in [0.717, 1.165) is 0 Å². The minimum atomic E-state index is -1.04. The van der Waals surface area contributed by atoms with Crippen LogP contribution in [-0.2, 0) is 4.79 Å². The minimum Gasteiger partial charge on any atom is -0.497 e. The molecule has 3 N–H and O–H groups in total. The third-order valence-electron chi connectivity index (χ3n) is 2.54. The zero-order valence-electron chi connectivity index (χ0n) is 11.4. The topological polar surface area (TPSA) is 87.7 Å². The fourth-order valence-corrected chi connectivity index (χ4v) is 1.99. The fourth-order valence-electron chi connectivity index (χ4n) is 1.52. The smallest absolute Gasteiger partial charge is 0.326 e. The number of carbonyl (C=O) groups is 2. The van der Waals surface area contributed by atoms with Crippen molar-refractivity contribution < 1.29 is 19.4 Å². The van der Waals surface area contributed by atoms with E-state index in [9.17, 15) is 9.59 Å². The highest BCUT2D eigenvalue weighted by Gasteiger charge is 2.19. The molecule has 0 aliphatic rings. The van der Waals surface area contributed by atoms with Crippen LogP contribution in [0.2, 0.25) is 0 Å². The first kappa shape index (κ1) is 16.2. The van der Waals surface area contributed by atoms with E-state index in [-0.39, 0.29) is 0 Å². The molecule has 1 aromatic carbocycles. The van der Waals surface area contributed by atoms with Gasteiger partial charge in [0.05, 0.1) is 7.11 Å². The number of methoxy groups -OCH3 is 1. The molecule has 0 bridgehead atoms. The number of hydrogen-bond acceptors (Lipinski definition) is 4. The normalized spacial score (nSPS) is 11.5. The first-order valence-electron chi connectivity index (χ1n) is 6.00. The maximum atomic E-state index is 11.8. The van der Waals surface area contributed by atoms with Crippen LogP contribution in [0.1, 0.15) is 6.42 Å². The zero-order valence-corrected chi connectivity index (χ0v) is 12.2. The molecule has 7 heteroatoms. The first-order chi connectivity index (χ1) is 9.56. The molecule has 0 radical (unpaired) electrons. The van der Waals surface area contributed by atoms with Gasteiger partial charge in [0.25, 0.3) is 0 Å². The fraction of sp³-hybridized carbons (Fsp3) is 0.385. The van der Waals surface area contributed by atoms with Crippen molar-refractivity contribution in [3.8, 4) is 5.75 Å². The molecule has 0 unspecified atom stereocenters. The van der Waals surface area contributed by atoms with Crippen molar-refractivity contribution in [3.05, 3.63) is 24.3 Å². The molecule has 0 saturated carbocycles. The molecule has 2 amide bonds. The Balaban J connectivity index is 2.58. The number of nitrogens with one attached hydrogen (secondary N) is 2. The summed E-state index contributed by atoms with van der Waals surface area (Å²) >= 11 is 1.53. The maximum absolute atomic E-state index is 11.8. The number of thioether (sulfide) groups is 1. The second-order valence-electron chi connectivity index (χ2n) is 4.00. The minimum absolute atomic E-state index is 0.377. The Morgan fingerprint density at radius 3 is 2.80 bits per heavy atom. The molecule has 1 aromatic rings. The second-order valence-corrected chi connectivity index (χ2v) is 4.99. The molecule has 0 aliphatic carbocycles. The number of carbonyl (C=O) groups excluding carboxylic acids is 1. The Morgan fingerprint density at radius 1 is 1.45 bits per heavy atom. The van der Waals surface area contributed by atoms with Crippen LogP contribution < -0.4 is 15.4 Å². The Morgan fingerprint density at radius 2 is 2.20 bits per heavy atom. The molecule has 6 nitrogen and oxygen atoms in total. The number of carboxylic acid groups (broad SMARTS) is 1. The van der Waals surface area contributed by atoms with Gasteiger partial charge in [-0.25, -0.2) is 9.59 Å². The molecule has 0 aromatic heterocycles. The van der Waals surface area contributed by atoms with Crippen molar-refractivity contribution >= 4 is 29.4 Å². The molecule has 1 rings (SSSR count). The summed E-state index contributed by atoms with van der Waals surface area (Å²) in [7, 11) is 1.53. The Hall–Kier alpha value is -1.89. The van der Waals surface area contributed by atoms with Crippen molar-refractivity contribution in [2.75, 3.05) is 24.4 Å². The summed E-state index contributed by atoms with van der Waals surface area (Å²) in [6.07, 6.45) is 2.26. The van der Waals surface area contributed by atoms with Crippen molar-refractivity contribution in [1.82, 2.24) is 5.32 Å². The third-order valence-corrected chi connectivity index (χ3v) is 3.19. The van der Waals surface area contributed by atoms with Crippen LogP contribution in [0.3, 0.4) is 0 Å². The molecule has 1 atom stereocenters. The number of amides is 2. The Labute approximate surface area is 121 Å². The summed E-state index contributed by atoms with van der Waals surface area (Å²) in [5.74, 6) is 0.232. The van der Waals surface area contributed by atoms with Gasteiger partial charge in [0.15, 0.2) is 0 Å². The van der Waals surface area contributed by atoms with Crippen LogP contribution >= 0.6 is 11.8 Å². The number of ether oxygens (including phenoxy) is 1. The molecule has 20 heavy (non-hydrogen) atoms. The average molecular weight is 298 g/mol. The van der Waals surface area contributed by atoms with Crippen molar-refractivity contribution in [2.24, 2.45) is 0 Å². The van der Waals surface area contributed by atoms with Gasteiger partial charge in [0.2, 0.25) is 0 Å². The van der Waals surface area contributed by atoms with Gasteiger partial charge < -0.3 is 20.5 Å². The van der Waals surface area contributed by atoms with Gasteiger partial charge in [-0.2, -0.15) is 11.8 Å². The van der Waals surface area contributed by atoms with Crippen molar-refractivity contribution in [2.45, 2.75) is 12.5 Å². The highest BCUT2D eigenvalue weighted by Crippen LogP contribution is 2.16. The van der Waals surface area contributed by atoms with Gasteiger partial charge in [-0.15, -0.1) is 0 Å². The molecular weight excluding hydrogens is 280 g/mol. The molecule has 0 fully saturated rings. The van der Waals surface area contributed by atoms with Gasteiger partial charge in [-0.05, 0) is 30.6 Å². The molecule has 0 heterocycles. The summed E-state index contributed by atoms with van der Waals surface area (Å²) in [5.41, 5.74) is 0.538. The number of aliphatic carboxylic acids is 1. The molecule has 0 saturated heterocycles. The molecular formula is C13H18N2O4S. The number of rotatable bonds is 7. The highest BCUT2D eigenvalue weighted by molar-refractivity contribution is 7.98. The third kappa shape index (κ3) is 5.40. The summed E-state index contributed by atoms with van der Waals surface area (Å²) in [6.45, 7) is 0. The van der Waals surface area contributed by atoms with E-state index in [4.69, 9.17) is 9.84 Å². The quantitative estimate of drug-likeness (QED) is 0.717. The lowest BCUT2D eigenvalue weighted by Crippen LogP contribution is -2.43. The standard InChI is InChI=1S/C13H18N2O4S/c1-19-10-5-3-4-9(8-10)14-13(18)15-11(12(16)17)6-7-20-2/h3-5,8,11H,6-7H2,1-2H3,(H,16,17)(H2,14,15,18)/t11-/m0/s1. The van der Waals surface area contributed by atoms with Crippen molar-refractivity contribution in [3.63, 3.8) is 0 Å². The SMILES string of the molecule is COc1cccc(NC(=O)N[C@@H](CCSC)C(=O)O)c1. The van der Waals surface area contributed by atoms with E-state index in [2.05, 4.69) is 10.6 Å². The van der Waals surface area contributed by atoms with E-state index < -0.39 is 18.0 Å². The van der Waals surface area contributed by atoms with Crippen LogP contribution in [0.15, 0.2) is 24.3 Å². The van der Waals surface area contributed by atoms with E-state index in [1.165, 1.54) is 18.9 Å². The van der Waals surface area contributed by atoms with E-state index in [1.54, 1.807) is 24.3 Å². The van der Waals surface area contributed by atoms with E-state index >= 15 is 0 Å². The lowest BCUT2D eigenvalue weighted by molar-refractivity contribution is -0.139. The highest BCUT2D eigenvalue weighted by atomic mass is 32.2. The first-order valence-corrected chi connectivity index (χ1v) is 7.39. The van der Waals surface area contributed by atoms with Gasteiger partial charge in [0.1, 0.15) is 11.8 Å². The van der Waals surface area contributed by atoms with Gasteiger partial charge in [-0.3, -0.25) is 0 Å². The van der Waals surface area contributed by atoms with Crippen molar-refractivity contribution in [1.29, 1.82) is 0 Å². The van der Waals surface area contributed by atoms with E-state index in [0.29, 0.717) is 23.6 Å². The maximum Gasteiger partial charge on any atom is 0.326 e. The molecule has 0 aliphatic heterocycles. The second kappa shape index (κ2) is 8.31. The molecule has 0 spiro atoms. The van der Waals surface area contributed by atoms with Gasteiger partial charge >= 0.3 is 12.0 Å². The number of hydrogen-bond donors (Lipinski definition) is 3. The van der Waals surface area contributed by atoms with E-state index in [1.807, 2.05) is 6.26 Å². The largest absolute Gasteiger partial charge is 0.497 e. The number of benzene rings is 1. The van der Waals surface area contributed by atoms with Crippen LogP contribution in [0, 0.1) is 0 Å². The average Bonchev–Trinajstić information content (AvgIpc) is 2.43. The summed E-state index contributed by atoms with van der Waals surface area (Å²) < 4.78 is 5.04. The Bertz CT molecular complexity index is 467. The summed E-state index contributed by atoms with van der Waals surface area (Å²) in [4.78, 5) is 22.8. The van der Waals surface area contributed by atoms with Crippen LogP contribution in [0.5, 0.6) is 5.75 Å². The zero-order chi connectivity index (χ0) is 15.0. The van der Waals surface area contributed by atoms with Crippen LogP contribution in [0.25, 0.3) is 0 Å². The van der Waals surface area contributed by atoms with Crippen LogP contribution in [-0.4, -0.2) is 42.3 Å². The lowest BCUT2D eigenvalue weighted by Gasteiger charge is -2.14. The number of urea groups is 1. The number of anilines is 1. The summed E-state index contributed by atoms with van der Waals surface area (Å²) in [5, 5.41) is 14.0. The number of carboxylic acids is 1. The predicted octanol–water partition coefficient (Wildman–Crippen LogP) is 2.02. The predicted molar refractivity (Wildman–Crippen MR) is 79.6 cm³/mol. The molecule has 110 valence electrons. The van der Waals surface area contributed by atoms with Gasteiger partial charge in [-0.1, -0.05) is 6.07 Å². The van der Waals surface area contributed by atoms with Gasteiger partial charge in [0, 0.05) is 11.8 Å².